The van der Waals surface area contributed by atoms with Gasteiger partial charge in [0.1, 0.15) is 11.5 Å². The van der Waals surface area contributed by atoms with Crippen LogP contribution in [0.5, 0.6) is 11.5 Å². The highest BCUT2D eigenvalue weighted by atomic mass is 16.5. The van der Waals surface area contributed by atoms with Crippen LogP contribution in [0.3, 0.4) is 0 Å². The number of ether oxygens (including phenoxy) is 1. The Hall–Kier alpha value is -2.02. The lowest BCUT2D eigenvalue weighted by Crippen LogP contribution is -1.91. The van der Waals surface area contributed by atoms with Gasteiger partial charge in [0.15, 0.2) is 0 Å². The standard InChI is InChI=1S/C17H18O/c1-4-14-12-16(10-11-17(14)13(2)3)18-15-8-6-5-7-9-15/h5-12H,2,4H2,1,3H3. The number of para-hydroxylation sites is 1. The van der Waals surface area contributed by atoms with E-state index in [-0.39, 0.29) is 0 Å². The minimum absolute atomic E-state index is 0.864. The highest BCUT2D eigenvalue weighted by Gasteiger charge is 2.04. The Kier molecular flexibility index (Phi) is 3.83. The molecule has 92 valence electrons. The highest BCUT2D eigenvalue weighted by molar-refractivity contribution is 5.65. The summed E-state index contributed by atoms with van der Waals surface area (Å²) < 4.78 is 5.83. The number of hydrogen-bond donors (Lipinski definition) is 0. The number of aryl methyl sites for hydroxylation is 1. The summed E-state index contributed by atoms with van der Waals surface area (Å²) >= 11 is 0. The lowest BCUT2D eigenvalue weighted by Gasteiger charge is -2.11. The molecule has 2 aromatic carbocycles. The summed E-state index contributed by atoms with van der Waals surface area (Å²) in [4.78, 5) is 0. The molecule has 0 bridgehead atoms. The molecule has 1 heteroatoms. The van der Waals surface area contributed by atoms with E-state index in [2.05, 4.69) is 25.6 Å². The molecule has 2 rings (SSSR count). The predicted molar refractivity (Wildman–Crippen MR) is 77.0 cm³/mol. The average Bonchev–Trinajstić information content (AvgIpc) is 2.39. The van der Waals surface area contributed by atoms with Gasteiger partial charge in [-0.1, -0.05) is 43.3 Å². The first-order valence-electron chi connectivity index (χ1n) is 6.22. The maximum atomic E-state index is 5.83. The summed E-state index contributed by atoms with van der Waals surface area (Å²) in [6, 6.07) is 16.0. The molecule has 2 aromatic rings. The number of hydrogen-bond acceptors (Lipinski definition) is 1. The van der Waals surface area contributed by atoms with Crippen LogP contribution in [-0.4, -0.2) is 0 Å². The van der Waals surface area contributed by atoms with Crippen LogP contribution in [0.2, 0.25) is 0 Å². The van der Waals surface area contributed by atoms with Crippen LogP contribution in [0, 0.1) is 0 Å². The zero-order chi connectivity index (χ0) is 13.0. The maximum absolute atomic E-state index is 5.83. The molecule has 0 spiro atoms. The van der Waals surface area contributed by atoms with Crippen LogP contribution in [-0.2, 0) is 6.42 Å². The van der Waals surface area contributed by atoms with E-state index in [0.717, 1.165) is 23.5 Å². The third-order valence-electron chi connectivity index (χ3n) is 2.90. The first-order chi connectivity index (χ1) is 8.70. The zero-order valence-corrected chi connectivity index (χ0v) is 10.9. The minimum Gasteiger partial charge on any atom is -0.457 e. The lowest BCUT2D eigenvalue weighted by molar-refractivity contribution is 0.482. The molecular weight excluding hydrogens is 220 g/mol. The van der Waals surface area contributed by atoms with E-state index < -0.39 is 0 Å². The molecule has 0 aliphatic carbocycles. The first kappa shape index (κ1) is 12.4. The van der Waals surface area contributed by atoms with Crippen molar-refractivity contribution >= 4 is 5.57 Å². The lowest BCUT2D eigenvalue weighted by atomic mass is 10.00. The van der Waals surface area contributed by atoms with Crippen LogP contribution >= 0.6 is 0 Å². The van der Waals surface area contributed by atoms with Crippen LogP contribution in [0.4, 0.5) is 0 Å². The summed E-state index contributed by atoms with van der Waals surface area (Å²) in [7, 11) is 0. The summed E-state index contributed by atoms with van der Waals surface area (Å²) in [5.74, 6) is 1.74. The monoisotopic (exact) mass is 238 g/mol. The number of allylic oxidation sites excluding steroid dienone is 1. The summed E-state index contributed by atoms with van der Waals surface area (Å²) in [6.07, 6.45) is 0.980. The smallest absolute Gasteiger partial charge is 0.127 e. The Morgan fingerprint density at radius 3 is 2.39 bits per heavy atom. The topological polar surface area (TPSA) is 9.23 Å². The van der Waals surface area contributed by atoms with Crippen molar-refractivity contribution in [3.8, 4) is 11.5 Å². The third kappa shape index (κ3) is 2.80. The second-order valence-electron chi connectivity index (χ2n) is 4.37. The van der Waals surface area contributed by atoms with Gasteiger partial charge in [-0.25, -0.2) is 0 Å². The quantitative estimate of drug-likeness (QED) is 0.722. The molecule has 0 unspecified atom stereocenters. The minimum atomic E-state index is 0.864. The van der Waals surface area contributed by atoms with Crippen molar-refractivity contribution in [3.05, 3.63) is 66.2 Å². The van der Waals surface area contributed by atoms with Gasteiger partial charge in [0, 0.05) is 0 Å². The van der Waals surface area contributed by atoms with Crippen LogP contribution in [0.25, 0.3) is 5.57 Å². The van der Waals surface area contributed by atoms with Crippen molar-refractivity contribution < 1.29 is 4.74 Å². The second-order valence-corrected chi connectivity index (χ2v) is 4.37. The van der Waals surface area contributed by atoms with Crippen molar-refractivity contribution in [2.24, 2.45) is 0 Å². The van der Waals surface area contributed by atoms with E-state index in [0.29, 0.717) is 0 Å². The van der Waals surface area contributed by atoms with Crippen molar-refractivity contribution in [3.63, 3.8) is 0 Å². The predicted octanol–water partition coefficient (Wildman–Crippen LogP) is 5.07. The fourth-order valence-electron chi connectivity index (χ4n) is 1.97. The molecule has 0 aliphatic heterocycles. The van der Waals surface area contributed by atoms with Crippen molar-refractivity contribution in [2.75, 3.05) is 0 Å². The van der Waals surface area contributed by atoms with Crippen molar-refractivity contribution in [1.82, 2.24) is 0 Å². The van der Waals surface area contributed by atoms with Gasteiger partial charge in [0.2, 0.25) is 0 Å². The van der Waals surface area contributed by atoms with E-state index in [1.54, 1.807) is 0 Å². The van der Waals surface area contributed by atoms with Crippen LogP contribution in [0.1, 0.15) is 25.0 Å². The molecule has 0 aromatic heterocycles. The average molecular weight is 238 g/mol. The van der Waals surface area contributed by atoms with Gasteiger partial charge in [-0.3, -0.25) is 0 Å². The molecule has 0 radical (unpaired) electrons. The van der Waals surface area contributed by atoms with Gasteiger partial charge in [-0.15, -0.1) is 0 Å². The Morgan fingerprint density at radius 2 is 1.78 bits per heavy atom. The molecule has 0 fully saturated rings. The molecule has 18 heavy (non-hydrogen) atoms. The van der Waals surface area contributed by atoms with E-state index in [1.165, 1.54) is 11.1 Å². The Morgan fingerprint density at radius 1 is 1.06 bits per heavy atom. The van der Waals surface area contributed by atoms with Gasteiger partial charge in [-0.05, 0) is 48.7 Å². The molecule has 0 aliphatic rings. The van der Waals surface area contributed by atoms with Gasteiger partial charge >= 0.3 is 0 Å². The highest BCUT2D eigenvalue weighted by Crippen LogP contribution is 2.26. The molecule has 0 N–H and O–H groups in total. The largest absolute Gasteiger partial charge is 0.457 e. The summed E-state index contributed by atoms with van der Waals surface area (Å²) in [6.45, 7) is 8.19. The van der Waals surface area contributed by atoms with Crippen LogP contribution in [0.15, 0.2) is 55.1 Å². The number of rotatable bonds is 4. The zero-order valence-electron chi connectivity index (χ0n) is 10.9. The number of benzene rings is 2. The van der Waals surface area contributed by atoms with E-state index in [1.807, 2.05) is 43.3 Å². The Balaban J connectivity index is 2.28. The fourth-order valence-corrected chi connectivity index (χ4v) is 1.97. The first-order valence-corrected chi connectivity index (χ1v) is 6.22. The van der Waals surface area contributed by atoms with Gasteiger partial charge in [0.25, 0.3) is 0 Å². The Labute approximate surface area is 109 Å². The third-order valence-corrected chi connectivity index (χ3v) is 2.90. The van der Waals surface area contributed by atoms with Crippen molar-refractivity contribution in [1.29, 1.82) is 0 Å². The maximum Gasteiger partial charge on any atom is 0.127 e. The molecule has 0 saturated carbocycles. The second kappa shape index (κ2) is 5.54. The molecule has 0 saturated heterocycles. The van der Waals surface area contributed by atoms with Crippen molar-refractivity contribution in [2.45, 2.75) is 20.3 Å². The normalized spacial score (nSPS) is 10.1. The summed E-state index contributed by atoms with van der Waals surface area (Å²) in [5, 5.41) is 0. The molecule has 0 amide bonds. The van der Waals surface area contributed by atoms with Gasteiger partial charge in [0.05, 0.1) is 0 Å². The van der Waals surface area contributed by atoms with Gasteiger partial charge < -0.3 is 4.74 Å². The SMILES string of the molecule is C=C(C)c1ccc(Oc2ccccc2)cc1CC. The molecule has 0 heterocycles. The van der Waals surface area contributed by atoms with Gasteiger partial charge in [-0.2, -0.15) is 0 Å². The van der Waals surface area contributed by atoms with Crippen LogP contribution < -0.4 is 4.74 Å². The fraction of sp³-hybridized carbons (Fsp3) is 0.176. The molecule has 0 atom stereocenters. The summed E-state index contributed by atoms with van der Waals surface area (Å²) in [5.41, 5.74) is 3.59. The Bertz CT molecular complexity index is 541. The molecule has 1 nitrogen and oxygen atoms in total. The van der Waals surface area contributed by atoms with E-state index in [9.17, 15) is 0 Å². The molecular formula is C17H18O. The van der Waals surface area contributed by atoms with E-state index in [4.69, 9.17) is 4.74 Å². The van der Waals surface area contributed by atoms with E-state index >= 15 is 0 Å².